The summed E-state index contributed by atoms with van der Waals surface area (Å²) >= 11 is 5.68. The Labute approximate surface area is 180 Å². The molecule has 4 aromatic rings. The minimum Gasteiger partial charge on any atom is -0.334 e. The number of thiocarbonyl (C=S) groups is 1. The normalized spacial score (nSPS) is 10.8. The van der Waals surface area contributed by atoms with Crippen LogP contribution in [-0.2, 0) is 13.5 Å². The van der Waals surface area contributed by atoms with E-state index in [4.69, 9.17) is 17.3 Å². The van der Waals surface area contributed by atoms with Crippen LogP contribution in [0.3, 0.4) is 0 Å². The van der Waals surface area contributed by atoms with Gasteiger partial charge in [-0.3, -0.25) is 9.67 Å². The lowest BCUT2D eigenvalue weighted by Gasteiger charge is -2.12. The zero-order valence-electron chi connectivity index (χ0n) is 16.8. The number of hydrogen-bond donors (Lipinski definition) is 1. The largest absolute Gasteiger partial charge is 0.334 e. The highest BCUT2D eigenvalue weighted by Gasteiger charge is 2.20. The van der Waals surface area contributed by atoms with Crippen LogP contribution in [0.4, 0.5) is 10.2 Å². The van der Waals surface area contributed by atoms with Gasteiger partial charge in [-0.05, 0) is 60.0 Å². The highest BCUT2D eigenvalue weighted by atomic mass is 32.1. The van der Waals surface area contributed by atoms with Crippen LogP contribution in [0.1, 0.15) is 11.1 Å². The van der Waals surface area contributed by atoms with Crippen LogP contribution in [0.5, 0.6) is 0 Å². The summed E-state index contributed by atoms with van der Waals surface area (Å²) in [5.41, 5.74) is 5.83. The van der Waals surface area contributed by atoms with Gasteiger partial charge in [0.05, 0.1) is 10.6 Å². The molecule has 0 aliphatic rings. The van der Waals surface area contributed by atoms with Crippen molar-refractivity contribution in [2.75, 3.05) is 5.32 Å². The number of nitrogens with one attached hydrogen (secondary N) is 1. The monoisotopic (exact) mass is 416 g/mol. The Balaban J connectivity index is 1.75. The molecule has 0 fully saturated rings. The number of nitrogens with zero attached hydrogens (tertiary/aromatic N) is 3. The molecule has 4 nitrogen and oxygen atoms in total. The molecule has 30 heavy (non-hydrogen) atoms. The van der Waals surface area contributed by atoms with Crippen molar-refractivity contribution < 1.29 is 4.39 Å². The van der Waals surface area contributed by atoms with Crippen LogP contribution in [0.25, 0.3) is 22.4 Å². The standard InChI is InChI=1S/C24H21FN4S/c1-16-5-3-4-6-19(16)15-21(30)27-24-22(17-11-13-26-14-12-17)23(28-29(24)2)18-7-9-20(25)10-8-18/h3-14H,15H2,1-2H3,(H,27,30). The molecular weight excluding hydrogens is 395 g/mol. The summed E-state index contributed by atoms with van der Waals surface area (Å²) in [6.45, 7) is 2.08. The van der Waals surface area contributed by atoms with Crippen LogP contribution in [0.15, 0.2) is 73.1 Å². The molecule has 0 amide bonds. The summed E-state index contributed by atoms with van der Waals surface area (Å²) in [7, 11) is 1.87. The number of rotatable bonds is 5. The summed E-state index contributed by atoms with van der Waals surface area (Å²) in [4.78, 5) is 4.83. The van der Waals surface area contributed by atoms with E-state index in [1.807, 2.05) is 31.3 Å². The molecule has 2 aromatic carbocycles. The Kier molecular flexibility index (Phi) is 5.68. The van der Waals surface area contributed by atoms with Crippen molar-refractivity contribution in [3.8, 4) is 22.4 Å². The maximum absolute atomic E-state index is 13.5. The van der Waals surface area contributed by atoms with Gasteiger partial charge in [0.1, 0.15) is 17.3 Å². The van der Waals surface area contributed by atoms with Gasteiger partial charge in [-0.25, -0.2) is 4.39 Å². The van der Waals surface area contributed by atoms with E-state index in [9.17, 15) is 4.39 Å². The summed E-state index contributed by atoms with van der Waals surface area (Å²) in [6, 6.07) is 18.4. The number of aryl methyl sites for hydroxylation is 2. The van der Waals surface area contributed by atoms with E-state index in [2.05, 4.69) is 29.4 Å². The van der Waals surface area contributed by atoms with E-state index in [-0.39, 0.29) is 5.82 Å². The molecule has 0 bridgehead atoms. The van der Waals surface area contributed by atoms with Gasteiger partial charge in [-0.2, -0.15) is 5.10 Å². The summed E-state index contributed by atoms with van der Waals surface area (Å²) in [5, 5.41) is 8.11. The average molecular weight is 417 g/mol. The first kappa shape index (κ1) is 19.9. The fourth-order valence-electron chi connectivity index (χ4n) is 3.43. The predicted molar refractivity (Wildman–Crippen MR) is 123 cm³/mol. The lowest BCUT2D eigenvalue weighted by atomic mass is 10.0. The zero-order valence-corrected chi connectivity index (χ0v) is 17.6. The number of anilines is 1. The second-order valence-electron chi connectivity index (χ2n) is 7.09. The molecular formula is C24H21FN4S. The van der Waals surface area contributed by atoms with Crippen LogP contribution in [-0.4, -0.2) is 19.8 Å². The van der Waals surface area contributed by atoms with Crippen molar-refractivity contribution in [1.29, 1.82) is 0 Å². The van der Waals surface area contributed by atoms with Crippen LogP contribution >= 0.6 is 12.2 Å². The zero-order chi connectivity index (χ0) is 21.1. The molecule has 2 aromatic heterocycles. The van der Waals surface area contributed by atoms with Crippen LogP contribution in [0.2, 0.25) is 0 Å². The lowest BCUT2D eigenvalue weighted by Crippen LogP contribution is -2.15. The molecule has 0 aliphatic heterocycles. The molecule has 0 saturated carbocycles. The van der Waals surface area contributed by atoms with E-state index < -0.39 is 0 Å². The first-order valence-electron chi connectivity index (χ1n) is 9.60. The summed E-state index contributed by atoms with van der Waals surface area (Å²) < 4.78 is 15.2. The molecule has 0 saturated heterocycles. The maximum atomic E-state index is 13.5. The molecule has 0 spiro atoms. The number of hydrogen-bond acceptors (Lipinski definition) is 3. The fourth-order valence-corrected chi connectivity index (χ4v) is 3.68. The van der Waals surface area contributed by atoms with Gasteiger partial charge >= 0.3 is 0 Å². The third-order valence-electron chi connectivity index (χ3n) is 5.00. The van der Waals surface area contributed by atoms with Gasteiger partial charge in [-0.1, -0.05) is 36.5 Å². The van der Waals surface area contributed by atoms with Gasteiger partial charge in [0, 0.05) is 31.4 Å². The second-order valence-corrected chi connectivity index (χ2v) is 7.58. The maximum Gasteiger partial charge on any atom is 0.137 e. The second kappa shape index (κ2) is 8.55. The van der Waals surface area contributed by atoms with E-state index in [0.717, 1.165) is 28.2 Å². The van der Waals surface area contributed by atoms with E-state index in [1.165, 1.54) is 23.3 Å². The molecule has 150 valence electrons. The quantitative estimate of drug-likeness (QED) is 0.432. The highest BCUT2D eigenvalue weighted by molar-refractivity contribution is 7.80. The number of benzene rings is 2. The van der Waals surface area contributed by atoms with Gasteiger partial charge in [0.2, 0.25) is 0 Å². The average Bonchev–Trinajstić information content (AvgIpc) is 3.07. The molecule has 0 unspecified atom stereocenters. The van der Waals surface area contributed by atoms with Crippen molar-refractivity contribution in [2.24, 2.45) is 7.05 Å². The van der Waals surface area contributed by atoms with Crippen molar-refractivity contribution >= 4 is 23.0 Å². The van der Waals surface area contributed by atoms with E-state index in [0.29, 0.717) is 11.4 Å². The fraction of sp³-hybridized carbons (Fsp3) is 0.125. The molecule has 0 aliphatic carbocycles. The van der Waals surface area contributed by atoms with Crippen LogP contribution in [0, 0.1) is 12.7 Å². The Hall–Kier alpha value is -3.38. The van der Waals surface area contributed by atoms with Crippen molar-refractivity contribution in [3.63, 3.8) is 0 Å². The minimum absolute atomic E-state index is 0.280. The molecule has 6 heteroatoms. The SMILES string of the molecule is Cc1ccccc1CC(=S)Nc1c(-c2ccncc2)c(-c2ccc(F)cc2)nn1C. The van der Waals surface area contributed by atoms with Gasteiger partial charge in [-0.15, -0.1) is 0 Å². The smallest absolute Gasteiger partial charge is 0.137 e. The Bertz CT molecular complexity index is 1180. The van der Waals surface area contributed by atoms with Crippen molar-refractivity contribution in [3.05, 3.63) is 90.0 Å². The Morgan fingerprint density at radius 3 is 2.40 bits per heavy atom. The summed E-state index contributed by atoms with van der Waals surface area (Å²) in [6.07, 6.45) is 4.12. The van der Waals surface area contributed by atoms with Crippen LogP contribution < -0.4 is 5.32 Å². The highest BCUT2D eigenvalue weighted by Crippen LogP contribution is 2.37. The first-order chi connectivity index (χ1) is 14.5. The third-order valence-corrected chi connectivity index (χ3v) is 5.25. The molecule has 0 atom stereocenters. The van der Waals surface area contributed by atoms with E-state index in [1.54, 1.807) is 29.2 Å². The van der Waals surface area contributed by atoms with E-state index >= 15 is 0 Å². The number of pyridine rings is 1. The Morgan fingerprint density at radius 1 is 1.00 bits per heavy atom. The lowest BCUT2D eigenvalue weighted by molar-refractivity contribution is 0.628. The number of halogens is 1. The van der Waals surface area contributed by atoms with Gasteiger partial charge < -0.3 is 5.32 Å². The molecule has 0 radical (unpaired) electrons. The predicted octanol–water partition coefficient (Wildman–Crippen LogP) is 5.58. The molecule has 2 heterocycles. The minimum atomic E-state index is -0.280. The van der Waals surface area contributed by atoms with Gasteiger partial charge in [0.25, 0.3) is 0 Å². The first-order valence-corrected chi connectivity index (χ1v) is 10.0. The van der Waals surface area contributed by atoms with Crippen molar-refractivity contribution in [1.82, 2.24) is 14.8 Å². The Morgan fingerprint density at radius 2 is 1.70 bits per heavy atom. The topological polar surface area (TPSA) is 42.7 Å². The van der Waals surface area contributed by atoms with Crippen molar-refractivity contribution in [2.45, 2.75) is 13.3 Å². The molecule has 4 rings (SSSR count). The number of aromatic nitrogens is 3. The van der Waals surface area contributed by atoms with Gasteiger partial charge in [0.15, 0.2) is 0 Å². The summed E-state index contributed by atoms with van der Waals surface area (Å²) in [5.74, 6) is 0.511. The third kappa shape index (κ3) is 4.14. The molecule has 1 N–H and O–H groups in total.